The zero-order chi connectivity index (χ0) is 12.6. The lowest BCUT2D eigenvalue weighted by Crippen LogP contribution is -2.53. The first-order valence-corrected chi connectivity index (χ1v) is 5.90. The smallest absolute Gasteiger partial charge is 0.326 e. The van der Waals surface area contributed by atoms with Crippen LogP contribution in [0.25, 0.3) is 0 Å². The number of hydrogen-bond acceptors (Lipinski definition) is 4. The Morgan fingerprint density at radius 1 is 1.44 bits per heavy atom. The van der Waals surface area contributed by atoms with Crippen LogP contribution in [0.5, 0.6) is 0 Å². The minimum atomic E-state index is -0.608. The van der Waals surface area contributed by atoms with Crippen LogP contribution in [0.1, 0.15) is 40.5 Å². The van der Waals surface area contributed by atoms with Gasteiger partial charge in [-0.05, 0) is 40.5 Å². The van der Waals surface area contributed by atoms with Gasteiger partial charge in [0.2, 0.25) is 0 Å². The first kappa shape index (κ1) is 15.4. The lowest BCUT2D eigenvalue weighted by atomic mass is 9.95. The largest absolute Gasteiger partial charge is 0.465 e. The standard InChI is InChI=1S/C12H25NO3/c1-6-16-11(14)12(4,13-10(2)3)8-7-9-15-5/h10,13H,6-9H2,1-5H3. The summed E-state index contributed by atoms with van der Waals surface area (Å²) in [6.45, 7) is 8.83. The van der Waals surface area contributed by atoms with Crippen LogP contribution >= 0.6 is 0 Å². The predicted molar refractivity (Wildman–Crippen MR) is 64.4 cm³/mol. The molecule has 4 nitrogen and oxygen atoms in total. The summed E-state index contributed by atoms with van der Waals surface area (Å²) in [6, 6.07) is 0.247. The van der Waals surface area contributed by atoms with Gasteiger partial charge in [-0.3, -0.25) is 10.1 Å². The van der Waals surface area contributed by atoms with E-state index in [1.165, 1.54) is 0 Å². The Labute approximate surface area is 98.7 Å². The van der Waals surface area contributed by atoms with Crippen molar-refractivity contribution in [3.63, 3.8) is 0 Å². The topological polar surface area (TPSA) is 47.6 Å². The molecule has 0 aromatic carbocycles. The molecule has 0 aliphatic heterocycles. The fraction of sp³-hybridized carbons (Fsp3) is 0.917. The molecule has 0 aliphatic rings. The van der Waals surface area contributed by atoms with Gasteiger partial charge in [0, 0.05) is 19.8 Å². The van der Waals surface area contributed by atoms with E-state index in [1.54, 1.807) is 7.11 Å². The summed E-state index contributed by atoms with van der Waals surface area (Å²) in [6.07, 6.45) is 1.56. The maximum absolute atomic E-state index is 11.9. The fourth-order valence-electron chi connectivity index (χ4n) is 1.73. The normalized spacial score (nSPS) is 14.9. The first-order valence-electron chi connectivity index (χ1n) is 5.90. The average molecular weight is 231 g/mol. The zero-order valence-electron chi connectivity index (χ0n) is 11.1. The SMILES string of the molecule is CCOC(=O)C(C)(CCCOC)NC(C)C. The second-order valence-corrected chi connectivity index (χ2v) is 4.45. The molecular formula is C12H25NO3. The van der Waals surface area contributed by atoms with Crippen molar-refractivity contribution in [1.82, 2.24) is 5.32 Å². The third kappa shape index (κ3) is 5.47. The number of carbonyl (C=O) groups is 1. The summed E-state index contributed by atoms with van der Waals surface area (Å²) in [5, 5.41) is 3.27. The Morgan fingerprint density at radius 3 is 2.50 bits per heavy atom. The van der Waals surface area contributed by atoms with Crippen LogP contribution in [0, 0.1) is 0 Å². The average Bonchev–Trinajstić information content (AvgIpc) is 2.17. The second-order valence-electron chi connectivity index (χ2n) is 4.45. The van der Waals surface area contributed by atoms with E-state index in [0.29, 0.717) is 13.2 Å². The zero-order valence-corrected chi connectivity index (χ0v) is 11.1. The van der Waals surface area contributed by atoms with Crippen molar-refractivity contribution < 1.29 is 14.3 Å². The summed E-state index contributed by atoms with van der Waals surface area (Å²) in [5.41, 5.74) is -0.608. The number of rotatable bonds is 8. The first-order chi connectivity index (χ1) is 7.46. The van der Waals surface area contributed by atoms with Crippen molar-refractivity contribution in [3.8, 4) is 0 Å². The third-order valence-corrected chi connectivity index (χ3v) is 2.36. The highest BCUT2D eigenvalue weighted by Crippen LogP contribution is 2.16. The Hall–Kier alpha value is -0.610. The van der Waals surface area contributed by atoms with E-state index in [9.17, 15) is 4.79 Å². The molecular weight excluding hydrogens is 206 g/mol. The fourth-order valence-corrected chi connectivity index (χ4v) is 1.73. The molecule has 1 N–H and O–H groups in total. The summed E-state index contributed by atoms with van der Waals surface area (Å²) >= 11 is 0. The van der Waals surface area contributed by atoms with Gasteiger partial charge >= 0.3 is 5.97 Å². The predicted octanol–water partition coefficient (Wildman–Crippen LogP) is 1.73. The maximum atomic E-state index is 11.9. The van der Waals surface area contributed by atoms with Gasteiger partial charge in [-0.1, -0.05) is 0 Å². The van der Waals surface area contributed by atoms with Crippen LogP contribution in [-0.4, -0.2) is 37.9 Å². The molecule has 1 unspecified atom stereocenters. The number of carbonyl (C=O) groups excluding carboxylic acids is 1. The van der Waals surface area contributed by atoms with Gasteiger partial charge in [0.1, 0.15) is 5.54 Å². The van der Waals surface area contributed by atoms with Gasteiger partial charge in [0.05, 0.1) is 6.61 Å². The number of nitrogens with one attached hydrogen (secondary N) is 1. The molecule has 0 saturated carbocycles. The number of methoxy groups -OCH3 is 1. The van der Waals surface area contributed by atoms with Crippen molar-refractivity contribution in [1.29, 1.82) is 0 Å². The minimum Gasteiger partial charge on any atom is -0.465 e. The molecule has 4 heteroatoms. The van der Waals surface area contributed by atoms with Crippen molar-refractivity contribution in [2.24, 2.45) is 0 Å². The van der Waals surface area contributed by atoms with Crippen molar-refractivity contribution >= 4 is 5.97 Å². The van der Waals surface area contributed by atoms with Crippen molar-refractivity contribution in [2.45, 2.75) is 52.1 Å². The summed E-state index contributed by atoms with van der Waals surface area (Å²) in [7, 11) is 1.66. The highest BCUT2D eigenvalue weighted by atomic mass is 16.5. The molecule has 0 amide bonds. The molecule has 0 aliphatic carbocycles. The van der Waals surface area contributed by atoms with Gasteiger partial charge in [-0.2, -0.15) is 0 Å². The summed E-state index contributed by atoms with van der Waals surface area (Å²) in [4.78, 5) is 11.9. The molecule has 0 aromatic rings. The molecule has 0 fully saturated rings. The van der Waals surface area contributed by atoms with Crippen LogP contribution in [-0.2, 0) is 14.3 Å². The molecule has 1 atom stereocenters. The van der Waals surface area contributed by atoms with Gasteiger partial charge in [-0.25, -0.2) is 0 Å². The minimum absolute atomic E-state index is 0.181. The van der Waals surface area contributed by atoms with E-state index in [-0.39, 0.29) is 12.0 Å². The molecule has 0 radical (unpaired) electrons. The van der Waals surface area contributed by atoms with E-state index in [1.807, 2.05) is 27.7 Å². The summed E-state index contributed by atoms with van der Waals surface area (Å²) < 4.78 is 10.1. The van der Waals surface area contributed by atoms with Gasteiger partial charge in [0.15, 0.2) is 0 Å². The van der Waals surface area contributed by atoms with Crippen LogP contribution in [0.2, 0.25) is 0 Å². The Balaban J connectivity index is 4.40. The van der Waals surface area contributed by atoms with Gasteiger partial charge < -0.3 is 9.47 Å². The highest BCUT2D eigenvalue weighted by molar-refractivity contribution is 5.80. The third-order valence-electron chi connectivity index (χ3n) is 2.36. The molecule has 0 spiro atoms. The molecule has 0 saturated heterocycles. The Morgan fingerprint density at radius 2 is 2.06 bits per heavy atom. The van der Waals surface area contributed by atoms with Crippen LogP contribution in [0.15, 0.2) is 0 Å². The molecule has 16 heavy (non-hydrogen) atoms. The van der Waals surface area contributed by atoms with E-state index < -0.39 is 5.54 Å². The van der Waals surface area contributed by atoms with E-state index >= 15 is 0 Å². The molecule has 0 bridgehead atoms. The van der Waals surface area contributed by atoms with Gasteiger partial charge in [-0.15, -0.1) is 0 Å². The second kappa shape index (κ2) is 7.63. The van der Waals surface area contributed by atoms with Crippen molar-refractivity contribution in [2.75, 3.05) is 20.3 Å². The highest BCUT2D eigenvalue weighted by Gasteiger charge is 2.34. The van der Waals surface area contributed by atoms with E-state index in [2.05, 4.69) is 5.32 Å². The lowest BCUT2D eigenvalue weighted by Gasteiger charge is -2.30. The number of esters is 1. The lowest BCUT2D eigenvalue weighted by molar-refractivity contribution is -0.151. The van der Waals surface area contributed by atoms with Crippen LogP contribution in [0.4, 0.5) is 0 Å². The van der Waals surface area contributed by atoms with E-state index in [4.69, 9.17) is 9.47 Å². The quantitative estimate of drug-likeness (QED) is 0.510. The molecule has 0 aromatic heterocycles. The van der Waals surface area contributed by atoms with Crippen LogP contribution < -0.4 is 5.32 Å². The number of hydrogen-bond donors (Lipinski definition) is 1. The molecule has 96 valence electrons. The molecule has 0 heterocycles. The Kier molecular flexibility index (Phi) is 7.34. The molecule has 0 rings (SSSR count). The van der Waals surface area contributed by atoms with Crippen LogP contribution in [0.3, 0.4) is 0 Å². The number of ether oxygens (including phenoxy) is 2. The maximum Gasteiger partial charge on any atom is 0.326 e. The van der Waals surface area contributed by atoms with Crippen molar-refractivity contribution in [3.05, 3.63) is 0 Å². The summed E-state index contributed by atoms with van der Waals surface area (Å²) in [5.74, 6) is -0.181. The Bertz CT molecular complexity index is 206. The van der Waals surface area contributed by atoms with Gasteiger partial charge in [0.25, 0.3) is 0 Å². The monoisotopic (exact) mass is 231 g/mol. The van der Waals surface area contributed by atoms with E-state index in [0.717, 1.165) is 12.8 Å².